The van der Waals surface area contributed by atoms with Crippen LogP contribution in [-0.2, 0) is 13.0 Å². The summed E-state index contributed by atoms with van der Waals surface area (Å²) in [5, 5.41) is 9.23. The molecule has 1 aromatic carbocycles. The topological polar surface area (TPSA) is 29.5 Å². The van der Waals surface area contributed by atoms with Gasteiger partial charge in [0.1, 0.15) is 5.75 Å². The van der Waals surface area contributed by atoms with E-state index in [2.05, 4.69) is 35.8 Å². The van der Waals surface area contributed by atoms with Crippen LogP contribution in [0.3, 0.4) is 0 Å². The van der Waals surface area contributed by atoms with E-state index in [1.807, 2.05) is 6.07 Å². The third-order valence-electron chi connectivity index (χ3n) is 2.20. The average Bonchev–Trinajstić information content (AvgIpc) is 2.15. The second-order valence-electron chi connectivity index (χ2n) is 4.03. The normalized spacial score (nSPS) is 10.8. The van der Waals surface area contributed by atoms with Gasteiger partial charge >= 0.3 is 0 Å². The Morgan fingerprint density at radius 2 is 2.07 bits per heavy atom. The Bertz CT molecular complexity index is 335. The molecule has 0 bridgehead atoms. The minimum absolute atomic E-state index is 0.00765. The molecule has 0 atom stereocenters. The summed E-state index contributed by atoms with van der Waals surface area (Å²) >= 11 is 3.45. The van der Waals surface area contributed by atoms with Gasteiger partial charge in [-0.2, -0.15) is 0 Å². The van der Waals surface area contributed by atoms with Crippen molar-refractivity contribution in [2.75, 3.05) is 7.11 Å². The van der Waals surface area contributed by atoms with Crippen molar-refractivity contribution in [3.8, 4) is 5.75 Å². The fourth-order valence-corrected chi connectivity index (χ4v) is 2.36. The van der Waals surface area contributed by atoms with E-state index in [4.69, 9.17) is 4.74 Å². The van der Waals surface area contributed by atoms with Gasteiger partial charge in [0.05, 0.1) is 18.2 Å². The fourth-order valence-electron chi connectivity index (χ4n) is 1.65. The molecule has 0 radical (unpaired) electrons. The van der Waals surface area contributed by atoms with Crippen molar-refractivity contribution >= 4 is 15.9 Å². The number of rotatable bonds is 4. The molecular weight excluding hydrogens is 256 g/mol. The molecule has 0 unspecified atom stereocenters. The molecule has 84 valence electrons. The van der Waals surface area contributed by atoms with Crippen molar-refractivity contribution in [1.29, 1.82) is 0 Å². The van der Waals surface area contributed by atoms with Gasteiger partial charge in [0.2, 0.25) is 0 Å². The third-order valence-corrected chi connectivity index (χ3v) is 2.79. The van der Waals surface area contributed by atoms with Crippen LogP contribution in [0.1, 0.15) is 25.0 Å². The zero-order valence-corrected chi connectivity index (χ0v) is 11.0. The van der Waals surface area contributed by atoms with Gasteiger partial charge in [-0.15, -0.1) is 0 Å². The lowest BCUT2D eigenvalue weighted by molar-refractivity contribution is 0.273. The zero-order valence-electron chi connectivity index (χ0n) is 9.38. The Morgan fingerprint density at radius 1 is 1.40 bits per heavy atom. The van der Waals surface area contributed by atoms with Crippen LogP contribution in [0.25, 0.3) is 0 Å². The second-order valence-corrected chi connectivity index (χ2v) is 4.88. The Hall–Kier alpha value is -0.540. The van der Waals surface area contributed by atoms with Crippen molar-refractivity contribution < 1.29 is 9.84 Å². The Balaban J connectivity index is 3.08. The Morgan fingerprint density at radius 3 is 2.53 bits per heavy atom. The van der Waals surface area contributed by atoms with Crippen LogP contribution in [0, 0.1) is 5.92 Å². The quantitative estimate of drug-likeness (QED) is 0.913. The first-order valence-corrected chi connectivity index (χ1v) is 5.84. The van der Waals surface area contributed by atoms with Gasteiger partial charge in [-0.3, -0.25) is 0 Å². The van der Waals surface area contributed by atoms with Gasteiger partial charge < -0.3 is 9.84 Å². The van der Waals surface area contributed by atoms with Gasteiger partial charge in [0.25, 0.3) is 0 Å². The van der Waals surface area contributed by atoms with E-state index < -0.39 is 0 Å². The summed E-state index contributed by atoms with van der Waals surface area (Å²) in [5.41, 5.74) is 2.06. The summed E-state index contributed by atoms with van der Waals surface area (Å²) in [6.07, 6.45) is 1.01. The molecule has 0 amide bonds. The van der Waals surface area contributed by atoms with E-state index in [9.17, 15) is 5.11 Å². The molecule has 1 rings (SSSR count). The van der Waals surface area contributed by atoms with Crippen LogP contribution >= 0.6 is 15.9 Å². The largest absolute Gasteiger partial charge is 0.495 e. The molecular formula is C12H17BrO2. The molecule has 0 saturated heterocycles. The summed E-state index contributed by atoms with van der Waals surface area (Å²) in [7, 11) is 1.61. The lowest BCUT2D eigenvalue weighted by atomic mass is 10.0. The van der Waals surface area contributed by atoms with E-state index in [1.165, 1.54) is 5.56 Å². The minimum Gasteiger partial charge on any atom is -0.495 e. The number of hydrogen-bond acceptors (Lipinski definition) is 2. The van der Waals surface area contributed by atoms with E-state index in [-0.39, 0.29) is 6.61 Å². The molecule has 0 aliphatic heterocycles. The molecule has 2 nitrogen and oxygen atoms in total. The average molecular weight is 273 g/mol. The first-order valence-electron chi connectivity index (χ1n) is 5.04. The maximum atomic E-state index is 9.23. The second kappa shape index (κ2) is 5.52. The highest BCUT2D eigenvalue weighted by Crippen LogP contribution is 2.31. The number of halogens is 1. The molecule has 0 aliphatic rings. The van der Waals surface area contributed by atoms with Gasteiger partial charge in [0, 0.05) is 5.56 Å². The summed E-state index contributed by atoms with van der Waals surface area (Å²) in [6.45, 7) is 4.36. The lowest BCUT2D eigenvalue weighted by Gasteiger charge is -2.12. The number of aliphatic hydroxyl groups excluding tert-OH is 1. The number of hydrogen-bond donors (Lipinski definition) is 1. The highest BCUT2D eigenvalue weighted by atomic mass is 79.9. The van der Waals surface area contributed by atoms with Crippen LogP contribution in [-0.4, -0.2) is 12.2 Å². The van der Waals surface area contributed by atoms with Gasteiger partial charge in [0.15, 0.2) is 0 Å². The molecule has 0 spiro atoms. The van der Waals surface area contributed by atoms with Crippen molar-refractivity contribution in [2.45, 2.75) is 26.9 Å². The maximum Gasteiger partial charge on any atom is 0.138 e. The van der Waals surface area contributed by atoms with Crippen LogP contribution in [0.2, 0.25) is 0 Å². The van der Waals surface area contributed by atoms with E-state index in [1.54, 1.807) is 7.11 Å². The van der Waals surface area contributed by atoms with Crippen LogP contribution < -0.4 is 4.74 Å². The third kappa shape index (κ3) is 3.21. The summed E-state index contributed by atoms with van der Waals surface area (Å²) in [5.74, 6) is 1.34. The SMILES string of the molecule is COc1c(Br)cc(CC(C)C)cc1CO. The number of aliphatic hydroxyl groups is 1. The highest BCUT2D eigenvalue weighted by molar-refractivity contribution is 9.10. The summed E-state index contributed by atoms with van der Waals surface area (Å²) in [4.78, 5) is 0. The maximum absolute atomic E-state index is 9.23. The van der Waals surface area contributed by atoms with Crippen LogP contribution in [0.15, 0.2) is 16.6 Å². The Labute approximate surface area is 99.4 Å². The molecule has 0 saturated carbocycles. The minimum atomic E-state index is 0.00765. The summed E-state index contributed by atoms with van der Waals surface area (Å²) in [6, 6.07) is 4.06. The first-order chi connectivity index (χ1) is 7.08. The van der Waals surface area contributed by atoms with E-state index in [0.717, 1.165) is 22.2 Å². The molecule has 0 aliphatic carbocycles. The van der Waals surface area contributed by atoms with Crippen LogP contribution in [0.5, 0.6) is 5.75 Å². The first kappa shape index (κ1) is 12.5. The van der Waals surface area contributed by atoms with Gasteiger partial charge in [-0.1, -0.05) is 13.8 Å². The standard InChI is InChI=1S/C12H17BrO2/c1-8(2)4-9-5-10(7-14)12(15-3)11(13)6-9/h5-6,8,14H,4,7H2,1-3H3. The number of benzene rings is 1. The fraction of sp³-hybridized carbons (Fsp3) is 0.500. The number of methoxy groups -OCH3 is 1. The van der Waals surface area contributed by atoms with Gasteiger partial charge in [-0.05, 0) is 46.0 Å². The highest BCUT2D eigenvalue weighted by Gasteiger charge is 2.09. The van der Waals surface area contributed by atoms with Crippen molar-refractivity contribution in [3.05, 3.63) is 27.7 Å². The molecule has 0 heterocycles. The van der Waals surface area contributed by atoms with E-state index in [0.29, 0.717) is 5.92 Å². The molecule has 0 aromatic heterocycles. The molecule has 1 N–H and O–H groups in total. The van der Waals surface area contributed by atoms with E-state index >= 15 is 0 Å². The van der Waals surface area contributed by atoms with Crippen LogP contribution in [0.4, 0.5) is 0 Å². The predicted molar refractivity (Wildman–Crippen MR) is 65.2 cm³/mol. The summed E-state index contributed by atoms with van der Waals surface area (Å²) < 4.78 is 6.13. The van der Waals surface area contributed by atoms with Crippen molar-refractivity contribution in [2.24, 2.45) is 5.92 Å². The predicted octanol–water partition coefficient (Wildman–Crippen LogP) is 3.15. The molecule has 0 fully saturated rings. The number of ether oxygens (including phenoxy) is 1. The Kier molecular flexibility index (Phi) is 4.61. The van der Waals surface area contributed by atoms with Crippen molar-refractivity contribution in [3.63, 3.8) is 0 Å². The lowest BCUT2D eigenvalue weighted by Crippen LogP contribution is -1.99. The zero-order chi connectivity index (χ0) is 11.4. The smallest absolute Gasteiger partial charge is 0.138 e. The monoisotopic (exact) mass is 272 g/mol. The molecule has 3 heteroatoms. The van der Waals surface area contributed by atoms with Gasteiger partial charge in [-0.25, -0.2) is 0 Å². The molecule has 15 heavy (non-hydrogen) atoms. The molecule has 1 aromatic rings. The van der Waals surface area contributed by atoms with Crippen molar-refractivity contribution in [1.82, 2.24) is 0 Å².